The molecule has 0 aromatic heterocycles. The average Bonchev–Trinajstić information content (AvgIpc) is 2.09. The molecule has 108 valence electrons. The molecule has 0 N–H and O–H groups in total. The molecule has 0 heterocycles. The van der Waals surface area contributed by atoms with Gasteiger partial charge in [0.15, 0.2) is 0 Å². The van der Waals surface area contributed by atoms with Crippen molar-refractivity contribution in [1.29, 1.82) is 0 Å². The number of carbonyl (C=O) groups excluding carboxylic acids is 1. The molecule has 0 rings (SSSR count). The van der Waals surface area contributed by atoms with E-state index in [2.05, 4.69) is 71.1 Å². The van der Waals surface area contributed by atoms with Crippen molar-refractivity contribution in [2.75, 3.05) is 6.61 Å². The Morgan fingerprint density at radius 3 is 1.83 bits per heavy atom. The maximum atomic E-state index is 12.4. The van der Waals surface area contributed by atoms with Gasteiger partial charge in [-0.2, -0.15) is 0 Å². The summed E-state index contributed by atoms with van der Waals surface area (Å²) < 4.78 is 5.53. The molecule has 0 bridgehead atoms. The van der Waals surface area contributed by atoms with E-state index in [4.69, 9.17) is 4.74 Å². The van der Waals surface area contributed by atoms with Crippen molar-refractivity contribution >= 4 is 28.6 Å². The van der Waals surface area contributed by atoms with Crippen LogP contribution in [0.5, 0.6) is 0 Å². The van der Waals surface area contributed by atoms with Gasteiger partial charge in [-0.25, -0.2) is 0 Å². The zero-order valence-corrected chi connectivity index (χ0v) is 15.3. The second-order valence-electron chi connectivity index (χ2n) is 7.60. The first-order chi connectivity index (χ1) is 7.78. The Hall–Kier alpha value is 0.200. The van der Waals surface area contributed by atoms with E-state index in [0.29, 0.717) is 6.61 Å². The largest absolute Gasteiger partial charge is 0.464 e. The minimum Gasteiger partial charge on any atom is -0.464 e. The van der Waals surface area contributed by atoms with Gasteiger partial charge in [-0.05, 0) is 38.5 Å². The highest BCUT2D eigenvalue weighted by molar-refractivity contribution is 14.1. The number of alkyl halides is 1. The average molecular weight is 368 g/mol. The zero-order valence-electron chi connectivity index (χ0n) is 13.2. The summed E-state index contributed by atoms with van der Waals surface area (Å²) in [5.41, 5.74) is -0.280. The summed E-state index contributed by atoms with van der Waals surface area (Å²) in [6.45, 7) is 17.3. The Morgan fingerprint density at radius 1 is 1.11 bits per heavy atom. The normalized spacial score (nSPS) is 16.6. The molecule has 1 atom stereocenters. The van der Waals surface area contributed by atoms with Gasteiger partial charge in [0.25, 0.3) is 0 Å². The molecule has 0 spiro atoms. The van der Waals surface area contributed by atoms with Crippen molar-refractivity contribution in [3.8, 4) is 0 Å². The predicted molar refractivity (Wildman–Crippen MR) is 86.1 cm³/mol. The Bertz CT molecular complexity index is 284. The van der Waals surface area contributed by atoms with Crippen LogP contribution in [0.15, 0.2) is 0 Å². The molecule has 18 heavy (non-hydrogen) atoms. The number of ether oxygens (including phenoxy) is 1. The second-order valence-corrected chi connectivity index (χ2v) is 10.5. The van der Waals surface area contributed by atoms with Gasteiger partial charge in [-0.3, -0.25) is 4.79 Å². The van der Waals surface area contributed by atoms with Crippen LogP contribution >= 0.6 is 22.6 Å². The lowest BCUT2D eigenvalue weighted by Gasteiger charge is -2.37. The number of esters is 1. The smallest absolute Gasteiger partial charge is 0.312 e. The summed E-state index contributed by atoms with van der Waals surface area (Å²) in [7, 11) is 0. The fourth-order valence-corrected chi connectivity index (χ4v) is 2.17. The number of halogens is 1. The molecule has 0 fully saturated rings. The third-order valence-corrected chi connectivity index (χ3v) is 3.50. The molecule has 0 aliphatic rings. The van der Waals surface area contributed by atoms with Gasteiger partial charge in [0, 0.05) is 0 Å². The summed E-state index contributed by atoms with van der Waals surface area (Å²) in [6.07, 6.45) is 0.845. The van der Waals surface area contributed by atoms with Crippen LogP contribution in [0.4, 0.5) is 0 Å². The highest BCUT2D eigenvalue weighted by atomic mass is 127. The van der Waals surface area contributed by atoms with Crippen molar-refractivity contribution in [1.82, 2.24) is 0 Å². The number of rotatable bonds is 5. The van der Waals surface area contributed by atoms with Gasteiger partial charge >= 0.3 is 5.97 Å². The standard InChI is InChI=1S/C15H29IO2/c1-11(2)15(8,9-13(3,4)5)12(17)18-10-14(6,7)16/h11H,9-10H2,1-8H3. The molecule has 2 nitrogen and oxygen atoms in total. The topological polar surface area (TPSA) is 26.3 Å². The Kier molecular flexibility index (Phi) is 6.17. The van der Waals surface area contributed by atoms with E-state index in [1.165, 1.54) is 0 Å². The Balaban J connectivity index is 4.85. The molecule has 0 amide bonds. The van der Waals surface area contributed by atoms with Crippen LogP contribution in [-0.2, 0) is 9.53 Å². The highest BCUT2D eigenvalue weighted by Crippen LogP contribution is 2.40. The molecule has 0 saturated heterocycles. The lowest BCUT2D eigenvalue weighted by atomic mass is 9.69. The van der Waals surface area contributed by atoms with Crippen molar-refractivity contribution in [2.24, 2.45) is 16.7 Å². The molecule has 0 aromatic carbocycles. The highest BCUT2D eigenvalue weighted by Gasteiger charge is 2.41. The van der Waals surface area contributed by atoms with Crippen LogP contribution < -0.4 is 0 Å². The number of hydrogen-bond acceptors (Lipinski definition) is 2. The number of hydrogen-bond donors (Lipinski definition) is 0. The first-order valence-electron chi connectivity index (χ1n) is 6.64. The predicted octanol–water partition coefficient (Wildman–Crippen LogP) is 4.84. The fraction of sp³-hybridized carbons (Fsp3) is 0.933. The SMILES string of the molecule is CC(C)C(C)(CC(C)(C)C)C(=O)OCC(C)(C)I. The maximum absolute atomic E-state index is 12.4. The Labute approximate surface area is 126 Å². The van der Waals surface area contributed by atoms with E-state index in [0.717, 1.165) is 6.42 Å². The van der Waals surface area contributed by atoms with Gasteiger partial charge in [0.2, 0.25) is 0 Å². The minimum absolute atomic E-state index is 0.00690. The van der Waals surface area contributed by atoms with Crippen LogP contribution in [0.3, 0.4) is 0 Å². The van der Waals surface area contributed by atoms with Crippen LogP contribution in [0.25, 0.3) is 0 Å². The summed E-state index contributed by atoms with van der Waals surface area (Å²) in [6, 6.07) is 0. The molecular formula is C15H29IO2. The van der Waals surface area contributed by atoms with Crippen molar-refractivity contribution in [3.63, 3.8) is 0 Å². The van der Waals surface area contributed by atoms with Gasteiger partial charge < -0.3 is 4.74 Å². The molecule has 1 unspecified atom stereocenters. The van der Waals surface area contributed by atoms with Gasteiger partial charge in [0.1, 0.15) is 6.61 Å². The maximum Gasteiger partial charge on any atom is 0.312 e. The van der Waals surface area contributed by atoms with Crippen LogP contribution in [0, 0.1) is 16.7 Å². The van der Waals surface area contributed by atoms with Crippen molar-refractivity contribution in [3.05, 3.63) is 0 Å². The first-order valence-corrected chi connectivity index (χ1v) is 7.72. The van der Waals surface area contributed by atoms with E-state index in [1.54, 1.807) is 0 Å². The third kappa shape index (κ3) is 6.39. The van der Waals surface area contributed by atoms with E-state index >= 15 is 0 Å². The molecule has 0 aliphatic carbocycles. The summed E-state index contributed by atoms with van der Waals surface area (Å²) in [5.74, 6) is 0.221. The lowest BCUT2D eigenvalue weighted by molar-refractivity contribution is -0.160. The molecular weight excluding hydrogens is 339 g/mol. The molecule has 3 heteroatoms. The van der Waals surface area contributed by atoms with E-state index < -0.39 is 5.41 Å². The monoisotopic (exact) mass is 368 g/mol. The van der Waals surface area contributed by atoms with Crippen molar-refractivity contribution < 1.29 is 9.53 Å². The van der Waals surface area contributed by atoms with Crippen LogP contribution in [0.1, 0.15) is 61.8 Å². The van der Waals surface area contributed by atoms with Gasteiger partial charge in [0.05, 0.1) is 8.84 Å². The summed E-state index contributed by atoms with van der Waals surface area (Å²) in [4.78, 5) is 12.4. The van der Waals surface area contributed by atoms with Gasteiger partial charge in [-0.1, -0.05) is 57.2 Å². The Morgan fingerprint density at radius 2 is 1.56 bits per heavy atom. The summed E-state index contributed by atoms with van der Waals surface area (Å²) >= 11 is 2.31. The molecule has 0 aliphatic heterocycles. The van der Waals surface area contributed by atoms with Gasteiger partial charge in [-0.15, -0.1) is 0 Å². The third-order valence-electron chi connectivity index (χ3n) is 3.18. The summed E-state index contributed by atoms with van der Waals surface area (Å²) in [5, 5.41) is 0. The van der Waals surface area contributed by atoms with Crippen LogP contribution in [-0.4, -0.2) is 16.0 Å². The molecule has 0 aromatic rings. The zero-order chi connectivity index (χ0) is 14.8. The fourth-order valence-electron chi connectivity index (χ4n) is 2.02. The minimum atomic E-state index is -0.403. The molecule has 0 saturated carbocycles. The lowest BCUT2D eigenvalue weighted by Crippen LogP contribution is -2.40. The van der Waals surface area contributed by atoms with E-state index in [9.17, 15) is 4.79 Å². The first kappa shape index (κ1) is 18.2. The number of carbonyl (C=O) groups is 1. The van der Waals surface area contributed by atoms with E-state index in [1.807, 2.05) is 6.92 Å². The van der Waals surface area contributed by atoms with E-state index in [-0.39, 0.29) is 20.7 Å². The second kappa shape index (κ2) is 6.10. The van der Waals surface area contributed by atoms with Crippen molar-refractivity contribution in [2.45, 2.75) is 65.2 Å². The quantitative estimate of drug-likeness (QED) is 0.394. The molecule has 0 radical (unpaired) electrons. The van der Waals surface area contributed by atoms with Crippen LogP contribution in [0.2, 0.25) is 0 Å².